The molecule has 154 valence electrons. The number of piperidine rings is 1. The summed E-state index contributed by atoms with van der Waals surface area (Å²) in [7, 11) is -1.66. The third kappa shape index (κ3) is 4.22. The Morgan fingerprint density at radius 1 is 1.03 bits per heavy atom. The molecular weight excluding hydrogens is 398 g/mol. The largest absolute Gasteiger partial charge is 0.382 e. The lowest BCUT2D eigenvalue weighted by Crippen LogP contribution is -2.42. The number of hydrogen-bond donors (Lipinski definition) is 1. The van der Waals surface area contributed by atoms with Crippen LogP contribution in [0.3, 0.4) is 0 Å². The van der Waals surface area contributed by atoms with Gasteiger partial charge in [0.05, 0.1) is 22.7 Å². The van der Waals surface area contributed by atoms with Crippen molar-refractivity contribution in [3.63, 3.8) is 0 Å². The smallest absolute Gasteiger partial charge is 0.243 e. The molecule has 0 radical (unpaired) electrons. The van der Waals surface area contributed by atoms with Crippen molar-refractivity contribution in [1.82, 2.24) is 14.1 Å². The first-order valence-corrected chi connectivity index (χ1v) is 11.3. The number of sulfonamides is 1. The Balaban J connectivity index is 1.39. The number of aromatic nitrogens is 2. The van der Waals surface area contributed by atoms with Crippen molar-refractivity contribution < 1.29 is 8.42 Å². The van der Waals surface area contributed by atoms with Crippen molar-refractivity contribution in [3.8, 4) is 17.2 Å². The predicted octanol–water partition coefficient (Wildman–Crippen LogP) is 3.22. The number of rotatable bonds is 5. The van der Waals surface area contributed by atoms with E-state index >= 15 is 0 Å². The lowest BCUT2D eigenvalue weighted by Gasteiger charge is -2.32. The summed E-state index contributed by atoms with van der Waals surface area (Å²) < 4.78 is 29.3. The Kier molecular flexibility index (Phi) is 5.57. The van der Waals surface area contributed by atoms with E-state index in [4.69, 9.17) is 5.26 Å². The molecule has 3 aromatic rings. The number of nitrogens with zero attached hydrogens (tertiary/aromatic N) is 4. The number of nitrogens with one attached hydrogen (secondary N) is 1. The molecule has 2 heterocycles. The number of nitriles is 1. The molecule has 1 aliphatic rings. The Labute approximate surface area is 176 Å². The van der Waals surface area contributed by atoms with Gasteiger partial charge in [0, 0.05) is 43.6 Å². The summed E-state index contributed by atoms with van der Waals surface area (Å²) >= 11 is 0. The molecule has 1 N–H and O–H groups in total. The molecule has 1 aromatic heterocycles. The first kappa shape index (κ1) is 20.1. The molecule has 7 nitrogen and oxygen atoms in total. The molecule has 0 unspecified atom stereocenters. The topological polar surface area (TPSA) is 91.0 Å². The van der Waals surface area contributed by atoms with Gasteiger partial charge >= 0.3 is 0 Å². The zero-order chi connectivity index (χ0) is 21.1. The van der Waals surface area contributed by atoms with E-state index in [1.807, 2.05) is 37.5 Å². The standard InChI is InChI=1S/C22H23N5O2S/c1-26-16-19(15-24-26)18-4-8-22(9-5-18)30(28,29)27-12-10-21(11-13-27)25-20-6-2-17(14-23)3-7-20/h2-9,15-16,21,25H,10-13H2,1H3. The molecule has 0 saturated carbocycles. The number of benzene rings is 2. The third-order valence-corrected chi connectivity index (χ3v) is 7.28. The van der Waals surface area contributed by atoms with Gasteiger partial charge in [-0.3, -0.25) is 4.68 Å². The molecule has 0 spiro atoms. The van der Waals surface area contributed by atoms with Gasteiger partial charge < -0.3 is 5.32 Å². The van der Waals surface area contributed by atoms with Crippen molar-refractivity contribution >= 4 is 15.7 Å². The summed E-state index contributed by atoms with van der Waals surface area (Å²) in [5, 5.41) is 16.5. The van der Waals surface area contributed by atoms with Gasteiger partial charge in [-0.05, 0) is 54.8 Å². The molecular formula is C22H23N5O2S. The number of hydrogen-bond acceptors (Lipinski definition) is 5. The predicted molar refractivity (Wildman–Crippen MR) is 115 cm³/mol. The minimum atomic E-state index is -3.51. The maximum absolute atomic E-state index is 13.0. The van der Waals surface area contributed by atoms with Gasteiger partial charge in [-0.25, -0.2) is 8.42 Å². The molecule has 2 aromatic carbocycles. The number of aryl methyl sites for hydroxylation is 1. The van der Waals surface area contributed by atoms with Crippen molar-refractivity contribution in [2.45, 2.75) is 23.8 Å². The minimum Gasteiger partial charge on any atom is -0.382 e. The molecule has 8 heteroatoms. The number of anilines is 1. The highest BCUT2D eigenvalue weighted by atomic mass is 32.2. The van der Waals surface area contributed by atoms with Crippen LogP contribution >= 0.6 is 0 Å². The highest BCUT2D eigenvalue weighted by Gasteiger charge is 2.29. The van der Waals surface area contributed by atoms with Crippen molar-refractivity contribution in [1.29, 1.82) is 5.26 Å². The van der Waals surface area contributed by atoms with Crippen LogP contribution in [0.2, 0.25) is 0 Å². The molecule has 1 saturated heterocycles. The quantitative estimate of drug-likeness (QED) is 0.683. The zero-order valence-corrected chi connectivity index (χ0v) is 17.5. The molecule has 0 aliphatic carbocycles. The maximum atomic E-state index is 13.0. The summed E-state index contributed by atoms with van der Waals surface area (Å²) in [6, 6.07) is 16.6. The van der Waals surface area contributed by atoms with Gasteiger partial charge in [0.1, 0.15) is 0 Å². The summed E-state index contributed by atoms with van der Waals surface area (Å²) in [4.78, 5) is 0.314. The first-order valence-electron chi connectivity index (χ1n) is 9.81. The van der Waals surface area contributed by atoms with Crippen LogP contribution in [0.1, 0.15) is 18.4 Å². The van der Waals surface area contributed by atoms with E-state index in [1.54, 1.807) is 39.4 Å². The first-order chi connectivity index (χ1) is 14.5. The second kappa shape index (κ2) is 8.30. The lowest BCUT2D eigenvalue weighted by molar-refractivity contribution is 0.330. The second-order valence-electron chi connectivity index (χ2n) is 7.44. The fourth-order valence-electron chi connectivity index (χ4n) is 3.66. The van der Waals surface area contributed by atoms with Gasteiger partial charge in [-0.1, -0.05) is 12.1 Å². The van der Waals surface area contributed by atoms with E-state index < -0.39 is 10.0 Å². The van der Waals surface area contributed by atoms with Crippen molar-refractivity contribution in [2.24, 2.45) is 7.05 Å². The molecule has 0 atom stereocenters. The van der Waals surface area contributed by atoms with Crippen molar-refractivity contribution in [3.05, 3.63) is 66.5 Å². The maximum Gasteiger partial charge on any atom is 0.243 e. The van der Waals surface area contributed by atoms with E-state index in [0.717, 1.165) is 29.7 Å². The van der Waals surface area contributed by atoms with E-state index in [0.29, 0.717) is 23.5 Å². The van der Waals surface area contributed by atoms with Crippen LogP contribution < -0.4 is 5.32 Å². The van der Waals surface area contributed by atoms with Gasteiger partial charge in [0.25, 0.3) is 0 Å². The van der Waals surface area contributed by atoms with Gasteiger partial charge in [-0.15, -0.1) is 0 Å². The van der Waals surface area contributed by atoms with Gasteiger partial charge in [-0.2, -0.15) is 14.7 Å². The summed E-state index contributed by atoms with van der Waals surface area (Å²) in [6.45, 7) is 0.946. The van der Waals surface area contributed by atoms with Crippen LogP contribution in [-0.2, 0) is 17.1 Å². The molecule has 1 aliphatic heterocycles. The average molecular weight is 422 g/mol. The molecule has 4 rings (SSSR count). The molecule has 1 fully saturated rings. The SMILES string of the molecule is Cn1cc(-c2ccc(S(=O)(=O)N3CCC(Nc4ccc(C#N)cc4)CC3)cc2)cn1. The summed E-state index contributed by atoms with van der Waals surface area (Å²) in [6.07, 6.45) is 5.12. The van der Waals surface area contributed by atoms with Crippen LogP contribution in [0, 0.1) is 11.3 Å². The molecule has 0 amide bonds. The molecule has 30 heavy (non-hydrogen) atoms. The van der Waals surface area contributed by atoms with E-state index in [-0.39, 0.29) is 6.04 Å². The Morgan fingerprint density at radius 3 is 2.27 bits per heavy atom. The monoisotopic (exact) mass is 421 g/mol. The lowest BCUT2D eigenvalue weighted by atomic mass is 10.1. The van der Waals surface area contributed by atoms with Crippen LogP contribution in [-0.4, -0.2) is 41.6 Å². The van der Waals surface area contributed by atoms with E-state index in [1.165, 1.54) is 0 Å². The zero-order valence-electron chi connectivity index (χ0n) is 16.7. The normalized spacial score (nSPS) is 15.6. The third-order valence-electron chi connectivity index (χ3n) is 5.37. The highest BCUT2D eigenvalue weighted by molar-refractivity contribution is 7.89. The fraction of sp³-hybridized carbons (Fsp3) is 0.273. The Bertz CT molecular complexity index is 1150. The summed E-state index contributed by atoms with van der Waals surface area (Å²) in [5.41, 5.74) is 3.46. The Hall–Kier alpha value is -3.15. The van der Waals surface area contributed by atoms with Crippen LogP contribution in [0.25, 0.3) is 11.1 Å². The van der Waals surface area contributed by atoms with Crippen LogP contribution in [0.15, 0.2) is 65.8 Å². The average Bonchev–Trinajstić information content (AvgIpc) is 3.21. The van der Waals surface area contributed by atoms with Crippen molar-refractivity contribution in [2.75, 3.05) is 18.4 Å². The second-order valence-corrected chi connectivity index (χ2v) is 9.38. The van der Waals surface area contributed by atoms with Crippen LogP contribution in [0.4, 0.5) is 5.69 Å². The highest BCUT2D eigenvalue weighted by Crippen LogP contribution is 2.25. The summed E-state index contributed by atoms with van der Waals surface area (Å²) in [5.74, 6) is 0. The van der Waals surface area contributed by atoms with Gasteiger partial charge in [0.2, 0.25) is 10.0 Å². The van der Waals surface area contributed by atoms with Crippen LogP contribution in [0.5, 0.6) is 0 Å². The van der Waals surface area contributed by atoms with Gasteiger partial charge in [0.15, 0.2) is 0 Å². The molecule has 0 bridgehead atoms. The fourth-order valence-corrected chi connectivity index (χ4v) is 5.13. The van der Waals surface area contributed by atoms with E-state index in [9.17, 15) is 8.42 Å². The Morgan fingerprint density at radius 2 is 1.70 bits per heavy atom. The van der Waals surface area contributed by atoms with E-state index in [2.05, 4.69) is 16.5 Å². The minimum absolute atomic E-state index is 0.206.